The summed E-state index contributed by atoms with van der Waals surface area (Å²) in [5, 5.41) is 9.55. The highest BCUT2D eigenvalue weighted by molar-refractivity contribution is 5.85. The van der Waals surface area contributed by atoms with Crippen LogP contribution in [-0.2, 0) is 14.3 Å². The molecule has 0 bridgehead atoms. The Kier molecular flexibility index (Phi) is 10.0. The highest BCUT2D eigenvalue weighted by atomic mass is 16.5. The predicted octanol–water partition coefficient (Wildman–Crippen LogP) is 2.22. The molecule has 0 aliphatic rings. The fourth-order valence-corrected chi connectivity index (χ4v) is 2.37. The first kappa shape index (κ1) is 18.9. The number of hydrogen-bond donors (Lipinski definition) is 0. The highest BCUT2D eigenvalue weighted by Crippen LogP contribution is 2.31. The molecule has 0 aromatic heterocycles. The van der Waals surface area contributed by atoms with Crippen LogP contribution < -0.4 is 0 Å². The van der Waals surface area contributed by atoms with Gasteiger partial charge in [-0.05, 0) is 12.8 Å². The van der Waals surface area contributed by atoms with Crippen LogP contribution >= 0.6 is 0 Å². The third-order valence-electron chi connectivity index (χ3n) is 3.39. The Balaban J connectivity index is 5.06. The fourth-order valence-electron chi connectivity index (χ4n) is 2.37. The molecule has 0 radical (unpaired) electrons. The molecule has 5 heteroatoms. The van der Waals surface area contributed by atoms with Crippen LogP contribution in [0.3, 0.4) is 0 Å². The van der Waals surface area contributed by atoms with Crippen molar-refractivity contribution in [1.82, 2.24) is 4.90 Å². The summed E-state index contributed by atoms with van der Waals surface area (Å²) in [5.41, 5.74) is -0.898. The van der Waals surface area contributed by atoms with Crippen molar-refractivity contribution >= 4 is 5.91 Å². The summed E-state index contributed by atoms with van der Waals surface area (Å²) < 4.78 is 10.1. The van der Waals surface area contributed by atoms with Gasteiger partial charge in [0.1, 0.15) is 5.41 Å². The minimum atomic E-state index is -0.898. The predicted molar refractivity (Wildman–Crippen MR) is 78.2 cm³/mol. The Morgan fingerprint density at radius 2 is 1.55 bits per heavy atom. The van der Waals surface area contributed by atoms with Crippen molar-refractivity contribution in [3.63, 3.8) is 0 Å². The highest BCUT2D eigenvalue weighted by Gasteiger charge is 2.39. The van der Waals surface area contributed by atoms with E-state index in [1.54, 1.807) is 19.1 Å². The number of carbonyl (C=O) groups excluding carboxylic acids is 1. The van der Waals surface area contributed by atoms with E-state index in [1.807, 2.05) is 13.8 Å². The molecule has 0 atom stereocenters. The summed E-state index contributed by atoms with van der Waals surface area (Å²) >= 11 is 0. The summed E-state index contributed by atoms with van der Waals surface area (Å²) in [5.74, 6) is -0.0854. The lowest BCUT2D eigenvalue weighted by molar-refractivity contribution is -0.141. The summed E-state index contributed by atoms with van der Waals surface area (Å²) in [6, 6.07) is 2.28. The van der Waals surface area contributed by atoms with E-state index < -0.39 is 5.41 Å². The lowest BCUT2D eigenvalue weighted by Crippen LogP contribution is -2.46. The Labute approximate surface area is 122 Å². The number of nitrogens with zero attached hydrogens (tertiary/aromatic N) is 2. The van der Waals surface area contributed by atoms with Crippen LogP contribution in [0.2, 0.25) is 0 Å². The average Bonchev–Trinajstić information content (AvgIpc) is 2.46. The van der Waals surface area contributed by atoms with Gasteiger partial charge in [-0.1, -0.05) is 26.7 Å². The molecule has 0 N–H and O–H groups in total. The third kappa shape index (κ3) is 5.48. The minimum absolute atomic E-state index is 0.0854. The zero-order valence-corrected chi connectivity index (χ0v) is 13.3. The fraction of sp³-hybridized carbons (Fsp3) is 0.867. The van der Waals surface area contributed by atoms with Gasteiger partial charge in [-0.2, -0.15) is 5.26 Å². The SMILES string of the molecule is CCCC(C#N)(CCC)C(=O)N(CCOC)CCOC. The number of amides is 1. The van der Waals surface area contributed by atoms with Crippen molar-refractivity contribution in [3.05, 3.63) is 0 Å². The van der Waals surface area contributed by atoms with Crippen molar-refractivity contribution in [2.24, 2.45) is 5.41 Å². The van der Waals surface area contributed by atoms with Crippen LogP contribution in [0.5, 0.6) is 0 Å². The smallest absolute Gasteiger partial charge is 0.243 e. The van der Waals surface area contributed by atoms with Gasteiger partial charge in [0.25, 0.3) is 0 Å². The second-order valence-corrected chi connectivity index (χ2v) is 4.97. The third-order valence-corrected chi connectivity index (χ3v) is 3.39. The zero-order valence-electron chi connectivity index (χ0n) is 13.3. The van der Waals surface area contributed by atoms with Gasteiger partial charge in [0.15, 0.2) is 0 Å². The summed E-state index contributed by atoms with van der Waals surface area (Å²) in [6.07, 6.45) is 2.85. The van der Waals surface area contributed by atoms with Gasteiger partial charge < -0.3 is 14.4 Å². The van der Waals surface area contributed by atoms with Gasteiger partial charge in [0.05, 0.1) is 19.3 Å². The molecule has 0 fully saturated rings. The Hall–Kier alpha value is -1.12. The molecule has 0 saturated carbocycles. The molecule has 0 unspecified atom stereocenters. The molecule has 0 aliphatic carbocycles. The Morgan fingerprint density at radius 1 is 1.10 bits per heavy atom. The van der Waals surface area contributed by atoms with E-state index in [2.05, 4.69) is 6.07 Å². The molecule has 0 aliphatic heterocycles. The van der Waals surface area contributed by atoms with Crippen LogP contribution in [-0.4, -0.2) is 51.3 Å². The number of carbonyl (C=O) groups is 1. The maximum atomic E-state index is 12.8. The molecule has 116 valence electrons. The second-order valence-electron chi connectivity index (χ2n) is 4.97. The molecule has 0 heterocycles. The van der Waals surface area contributed by atoms with E-state index in [1.165, 1.54) is 0 Å². The average molecular weight is 284 g/mol. The lowest BCUT2D eigenvalue weighted by atomic mass is 9.79. The standard InChI is InChI=1S/C15H28N2O3/c1-5-7-15(13-16,8-6-2)14(18)17(9-11-19-3)10-12-20-4/h5-12H2,1-4H3. The molecule has 5 nitrogen and oxygen atoms in total. The van der Waals surface area contributed by atoms with Gasteiger partial charge in [0, 0.05) is 27.3 Å². The first-order valence-electron chi connectivity index (χ1n) is 7.30. The maximum absolute atomic E-state index is 12.8. The van der Waals surface area contributed by atoms with Crippen LogP contribution in [0.4, 0.5) is 0 Å². The number of hydrogen-bond acceptors (Lipinski definition) is 4. The number of methoxy groups -OCH3 is 2. The van der Waals surface area contributed by atoms with Gasteiger partial charge in [0.2, 0.25) is 5.91 Å². The zero-order chi connectivity index (χ0) is 15.4. The van der Waals surface area contributed by atoms with E-state index in [-0.39, 0.29) is 5.91 Å². The topological polar surface area (TPSA) is 62.6 Å². The van der Waals surface area contributed by atoms with Gasteiger partial charge in [-0.3, -0.25) is 4.79 Å². The van der Waals surface area contributed by atoms with Crippen molar-refractivity contribution in [1.29, 1.82) is 5.26 Å². The molecule has 20 heavy (non-hydrogen) atoms. The lowest BCUT2D eigenvalue weighted by Gasteiger charge is -2.32. The van der Waals surface area contributed by atoms with Crippen LogP contribution in [0, 0.1) is 16.7 Å². The number of ether oxygens (including phenoxy) is 2. The van der Waals surface area contributed by atoms with Crippen LogP contribution in [0.25, 0.3) is 0 Å². The number of nitriles is 1. The van der Waals surface area contributed by atoms with Gasteiger partial charge in [-0.15, -0.1) is 0 Å². The second kappa shape index (κ2) is 10.6. The largest absolute Gasteiger partial charge is 0.383 e. The summed E-state index contributed by atoms with van der Waals surface area (Å²) in [4.78, 5) is 14.5. The van der Waals surface area contributed by atoms with Crippen molar-refractivity contribution < 1.29 is 14.3 Å². The quantitative estimate of drug-likeness (QED) is 0.583. The molecule has 0 saturated heterocycles. The summed E-state index contributed by atoms with van der Waals surface area (Å²) in [7, 11) is 3.21. The van der Waals surface area contributed by atoms with E-state index in [9.17, 15) is 10.1 Å². The van der Waals surface area contributed by atoms with Crippen LogP contribution in [0.1, 0.15) is 39.5 Å². The van der Waals surface area contributed by atoms with E-state index >= 15 is 0 Å². The first-order chi connectivity index (χ1) is 9.61. The molecule has 0 aromatic carbocycles. The van der Waals surface area contributed by atoms with Gasteiger partial charge >= 0.3 is 0 Å². The number of rotatable bonds is 11. The normalized spacial score (nSPS) is 11.2. The molecular weight excluding hydrogens is 256 g/mol. The maximum Gasteiger partial charge on any atom is 0.243 e. The molecule has 0 aromatic rings. The van der Waals surface area contributed by atoms with E-state index in [4.69, 9.17) is 9.47 Å². The molecule has 1 amide bonds. The molecular formula is C15H28N2O3. The van der Waals surface area contributed by atoms with Crippen LogP contribution in [0.15, 0.2) is 0 Å². The van der Waals surface area contributed by atoms with Crippen molar-refractivity contribution in [2.45, 2.75) is 39.5 Å². The Bertz CT molecular complexity index is 299. The first-order valence-corrected chi connectivity index (χ1v) is 7.30. The minimum Gasteiger partial charge on any atom is -0.383 e. The molecule has 0 rings (SSSR count). The Morgan fingerprint density at radius 3 is 1.85 bits per heavy atom. The van der Waals surface area contributed by atoms with Gasteiger partial charge in [-0.25, -0.2) is 0 Å². The van der Waals surface area contributed by atoms with E-state index in [0.29, 0.717) is 39.1 Å². The van der Waals surface area contributed by atoms with Crippen molar-refractivity contribution in [2.75, 3.05) is 40.5 Å². The monoisotopic (exact) mass is 284 g/mol. The van der Waals surface area contributed by atoms with Crippen molar-refractivity contribution in [3.8, 4) is 6.07 Å². The summed E-state index contributed by atoms with van der Waals surface area (Å²) in [6.45, 7) is 5.93. The van der Waals surface area contributed by atoms with E-state index in [0.717, 1.165) is 12.8 Å². The molecule has 0 spiro atoms.